The molecule has 0 amide bonds. The van der Waals surface area contributed by atoms with E-state index in [-0.39, 0.29) is 5.56 Å². The molecule has 0 radical (unpaired) electrons. The lowest BCUT2D eigenvalue weighted by Crippen LogP contribution is -2.33. The Morgan fingerprint density at radius 1 is 1.38 bits per heavy atom. The van der Waals surface area contributed by atoms with E-state index >= 15 is 0 Å². The molecule has 2 aromatic heterocycles. The average Bonchev–Trinajstić information content (AvgIpc) is 3.12. The minimum atomic E-state index is -0.408. The van der Waals surface area contributed by atoms with Crippen molar-refractivity contribution < 1.29 is 9.84 Å². The molecule has 29 heavy (non-hydrogen) atoms. The molecule has 0 bridgehead atoms. The predicted octanol–water partition coefficient (Wildman–Crippen LogP) is 3.81. The third-order valence-electron chi connectivity index (χ3n) is 4.74. The van der Waals surface area contributed by atoms with E-state index in [9.17, 15) is 9.90 Å². The molecule has 3 rings (SSSR count). The summed E-state index contributed by atoms with van der Waals surface area (Å²) in [6, 6.07) is 7.64. The minimum Gasteiger partial charge on any atom is -0.496 e. The van der Waals surface area contributed by atoms with Crippen LogP contribution in [0.3, 0.4) is 0 Å². The molecule has 0 unspecified atom stereocenters. The molecule has 2 N–H and O–H groups in total. The number of aliphatic hydroxyl groups is 1. The summed E-state index contributed by atoms with van der Waals surface area (Å²) in [5.41, 5.74) is 1.53. The highest BCUT2D eigenvalue weighted by Gasteiger charge is 2.17. The van der Waals surface area contributed by atoms with Gasteiger partial charge in [-0.3, -0.25) is 9.69 Å². The molecule has 1 atom stereocenters. The Hall–Kier alpha value is -2.48. The van der Waals surface area contributed by atoms with Crippen molar-refractivity contribution in [2.24, 2.45) is 0 Å². The van der Waals surface area contributed by atoms with Crippen molar-refractivity contribution in [2.75, 3.05) is 20.2 Å². The van der Waals surface area contributed by atoms with Crippen molar-refractivity contribution in [1.82, 2.24) is 14.9 Å². The van der Waals surface area contributed by atoms with Gasteiger partial charge in [0.1, 0.15) is 16.4 Å². The summed E-state index contributed by atoms with van der Waals surface area (Å²) >= 11 is 1.44. The predicted molar refractivity (Wildman–Crippen MR) is 119 cm³/mol. The smallest absolute Gasteiger partial charge is 0.260 e. The number of fused-ring (bicyclic) bond motifs is 1. The Balaban J connectivity index is 1.92. The number of nitrogens with zero attached hydrogens (tertiary/aromatic N) is 2. The zero-order valence-corrected chi connectivity index (χ0v) is 17.7. The van der Waals surface area contributed by atoms with Crippen LogP contribution in [0, 0.1) is 0 Å². The maximum absolute atomic E-state index is 12.9. The van der Waals surface area contributed by atoms with Crippen LogP contribution < -0.4 is 10.3 Å². The molecule has 0 saturated heterocycles. The van der Waals surface area contributed by atoms with E-state index in [2.05, 4.69) is 16.5 Å². The Kier molecular flexibility index (Phi) is 7.19. The number of para-hydroxylation sites is 1. The molecule has 0 saturated carbocycles. The number of aromatic amines is 1. The summed E-state index contributed by atoms with van der Waals surface area (Å²) in [6.45, 7) is 7.40. The number of hydrogen-bond acceptors (Lipinski definition) is 6. The summed E-state index contributed by atoms with van der Waals surface area (Å²) in [6.07, 6.45) is 3.05. The van der Waals surface area contributed by atoms with Crippen LogP contribution in [0.15, 0.2) is 47.1 Å². The maximum Gasteiger partial charge on any atom is 0.260 e. The van der Waals surface area contributed by atoms with Gasteiger partial charge in [0.2, 0.25) is 0 Å². The number of aromatic nitrogens is 2. The van der Waals surface area contributed by atoms with E-state index < -0.39 is 6.10 Å². The van der Waals surface area contributed by atoms with E-state index in [0.717, 1.165) is 29.7 Å². The van der Waals surface area contributed by atoms with Crippen molar-refractivity contribution in [1.29, 1.82) is 0 Å². The molecule has 7 heteroatoms. The molecule has 2 heterocycles. The molecule has 0 fully saturated rings. The van der Waals surface area contributed by atoms with Gasteiger partial charge in [-0.2, -0.15) is 0 Å². The van der Waals surface area contributed by atoms with Gasteiger partial charge < -0.3 is 14.8 Å². The Morgan fingerprint density at radius 2 is 2.17 bits per heavy atom. The van der Waals surface area contributed by atoms with Gasteiger partial charge in [-0.1, -0.05) is 37.6 Å². The van der Waals surface area contributed by atoms with E-state index in [1.54, 1.807) is 13.2 Å². The summed E-state index contributed by atoms with van der Waals surface area (Å²) in [7, 11) is 1.62. The highest BCUT2D eigenvalue weighted by atomic mass is 32.1. The quantitative estimate of drug-likeness (QED) is 0.494. The van der Waals surface area contributed by atoms with Gasteiger partial charge in [-0.15, -0.1) is 17.9 Å². The molecule has 0 aliphatic rings. The van der Waals surface area contributed by atoms with Gasteiger partial charge in [0.15, 0.2) is 0 Å². The molecule has 0 spiro atoms. The number of rotatable bonds is 10. The first-order chi connectivity index (χ1) is 14.1. The highest BCUT2D eigenvalue weighted by Crippen LogP contribution is 2.36. The van der Waals surface area contributed by atoms with Crippen LogP contribution in [0.25, 0.3) is 21.3 Å². The normalized spacial score (nSPS) is 12.4. The number of hydrogen-bond donors (Lipinski definition) is 2. The molecule has 1 aromatic carbocycles. The molecule has 6 nitrogen and oxygen atoms in total. The van der Waals surface area contributed by atoms with Gasteiger partial charge in [-0.05, 0) is 12.5 Å². The fraction of sp³-hybridized carbons (Fsp3) is 0.364. The topological polar surface area (TPSA) is 78.5 Å². The first-order valence-corrected chi connectivity index (χ1v) is 10.6. The van der Waals surface area contributed by atoms with Crippen molar-refractivity contribution in [2.45, 2.75) is 32.4 Å². The van der Waals surface area contributed by atoms with E-state index in [1.807, 2.05) is 41.5 Å². The number of ether oxygens (including phenoxy) is 1. The molecule has 154 valence electrons. The maximum atomic E-state index is 12.9. The third kappa shape index (κ3) is 4.93. The van der Waals surface area contributed by atoms with Crippen molar-refractivity contribution >= 4 is 21.6 Å². The molecule has 0 aliphatic carbocycles. The molecule has 0 aliphatic heterocycles. The van der Waals surface area contributed by atoms with Crippen molar-refractivity contribution in [3.8, 4) is 16.9 Å². The fourth-order valence-electron chi connectivity index (χ4n) is 3.45. The van der Waals surface area contributed by atoms with Gasteiger partial charge in [0.25, 0.3) is 5.56 Å². The van der Waals surface area contributed by atoms with Gasteiger partial charge in [0.05, 0.1) is 25.1 Å². The number of aliphatic hydroxyl groups excluding tert-OH is 1. The third-order valence-corrected chi connectivity index (χ3v) is 5.61. The van der Waals surface area contributed by atoms with Gasteiger partial charge in [0, 0.05) is 29.6 Å². The Labute approximate surface area is 174 Å². The monoisotopic (exact) mass is 413 g/mol. The second-order valence-corrected chi connectivity index (χ2v) is 7.83. The first kappa shape index (κ1) is 21.2. The van der Waals surface area contributed by atoms with Crippen LogP contribution in [-0.4, -0.2) is 46.3 Å². The molecule has 3 aromatic rings. The largest absolute Gasteiger partial charge is 0.496 e. The van der Waals surface area contributed by atoms with Crippen LogP contribution in [-0.2, 0) is 6.54 Å². The lowest BCUT2D eigenvalue weighted by atomic mass is 10.1. The van der Waals surface area contributed by atoms with Crippen LogP contribution in [0.4, 0.5) is 0 Å². The zero-order valence-electron chi connectivity index (χ0n) is 16.9. The second kappa shape index (κ2) is 9.82. The number of thiophene rings is 1. The number of benzene rings is 1. The molecular weight excluding hydrogens is 386 g/mol. The lowest BCUT2D eigenvalue weighted by molar-refractivity contribution is 0.106. The fourth-order valence-corrected chi connectivity index (χ4v) is 4.41. The van der Waals surface area contributed by atoms with Crippen LogP contribution in [0.2, 0.25) is 0 Å². The van der Waals surface area contributed by atoms with E-state index in [4.69, 9.17) is 4.74 Å². The molecular formula is C22H27N3O3S. The zero-order chi connectivity index (χ0) is 20.8. The Morgan fingerprint density at radius 3 is 2.90 bits per heavy atom. The average molecular weight is 414 g/mol. The minimum absolute atomic E-state index is 0.167. The summed E-state index contributed by atoms with van der Waals surface area (Å²) in [5.74, 6) is 1.30. The van der Waals surface area contributed by atoms with Crippen molar-refractivity contribution in [3.63, 3.8) is 0 Å². The van der Waals surface area contributed by atoms with E-state index in [0.29, 0.717) is 35.7 Å². The van der Waals surface area contributed by atoms with Crippen molar-refractivity contribution in [3.05, 3.63) is 58.5 Å². The highest BCUT2D eigenvalue weighted by molar-refractivity contribution is 7.17. The number of methoxy groups -OCH3 is 1. The summed E-state index contributed by atoms with van der Waals surface area (Å²) in [5, 5.41) is 12.7. The van der Waals surface area contributed by atoms with Crippen LogP contribution >= 0.6 is 11.3 Å². The van der Waals surface area contributed by atoms with Gasteiger partial charge in [-0.25, -0.2) is 4.98 Å². The van der Waals surface area contributed by atoms with Crippen LogP contribution in [0.1, 0.15) is 25.6 Å². The van der Waals surface area contributed by atoms with Crippen LogP contribution in [0.5, 0.6) is 5.75 Å². The van der Waals surface area contributed by atoms with E-state index in [1.165, 1.54) is 11.3 Å². The number of nitrogens with one attached hydrogen (secondary N) is 1. The lowest BCUT2D eigenvalue weighted by Gasteiger charge is -2.23. The summed E-state index contributed by atoms with van der Waals surface area (Å²) < 4.78 is 5.45. The standard InChI is InChI=1S/C22H27N3O3S/c1-4-8-15(26)12-25(11-5-2)13-19-23-21(27)20-17(14-29-22(20)24-19)16-9-6-7-10-18(16)28-3/h5-7,9-10,14-15,26H,2,4,8,11-13H2,1,3H3,(H,23,24,27)/t15-/m1/s1. The number of H-pyrrole nitrogens is 1. The van der Waals surface area contributed by atoms with Gasteiger partial charge >= 0.3 is 0 Å². The first-order valence-electron chi connectivity index (χ1n) is 9.72. The SMILES string of the molecule is C=CCN(Cc1nc2scc(-c3ccccc3OC)c2c(=O)[nH]1)C[C@H](O)CCC. The summed E-state index contributed by atoms with van der Waals surface area (Å²) in [4.78, 5) is 23.2. The second-order valence-electron chi connectivity index (χ2n) is 6.97. The Bertz CT molecular complexity index is 1030.